The van der Waals surface area contributed by atoms with E-state index in [9.17, 15) is 0 Å². The van der Waals surface area contributed by atoms with Crippen molar-refractivity contribution in [2.24, 2.45) is 0 Å². The van der Waals surface area contributed by atoms with Gasteiger partial charge in [0.05, 0.1) is 0 Å². The summed E-state index contributed by atoms with van der Waals surface area (Å²) in [6, 6.07) is 32.2. The van der Waals surface area contributed by atoms with Crippen molar-refractivity contribution in [3.05, 3.63) is 174 Å². The van der Waals surface area contributed by atoms with Crippen LogP contribution in [-0.4, -0.2) is 0 Å². The second-order valence-corrected chi connectivity index (χ2v) is 15.2. The lowest BCUT2D eigenvalue weighted by atomic mass is 9.95. The van der Waals surface area contributed by atoms with Crippen LogP contribution in [0.5, 0.6) is 0 Å². The van der Waals surface area contributed by atoms with Crippen molar-refractivity contribution in [1.29, 1.82) is 0 Å². The first-order valence-corrected chi connectivity index (χ1v) is 18.0. The largest absolute Gasteiger partial charge is 0.0590 e. The summed E-state index contributed by atoms with van der Waals surface area (Å²) < 4.78 is 0. The Kier molecular flexibility index (Phi) is 8.48. The zero-order valence-corrected chi connectivity index (χ0v) is 31.2. The molecule has 0 nitrogen and oxygen atoms in total. The van der Waals surface area contributed by atoms with Crippen molar-refractivity contribution < 1.29 is 0 Å². The second-order valence-electron chi connectivity index (χ2n) is 15.2. The molecule has 0 N–H and O–H groups in total. The fourth-order valence-electron chi connectivity index (χ4n) is 8.04. The predicted molar refractivity (Wildman–Crippen MR) is 211 cm³/mol. The van der Waals surface area contributed by atoms with Gasteiger partial charge in [0.25, 0.3) is 0 Å². The highest BCUT2D eigenvalue weighted by atomic mass is 14.3. The highest BCUT2D eigenvalue weighted by Crippen LogP contribution is 2.42. The average Bonchev–Trinajstić information content (AvgIpc) is 3.71. The van der Waals surface area contributed by atoms with Crippen molar-refractivity contribution in [3.63, 3.8) is 0 Å². The third-order valence-corrected chi connectivity index (χ3v) is 11.5. The molecule has 0 heterocycles. The molecule has 0 saturated heterocycles. The minimum absolute atomic E-state index is 1.10. The van der Waals surface area contributed by atoms with Gasteiger partial charge in [-0.2, -0.15) is 0 Å². The van der Waals surface area contributed by atoms with E-state index in [0.717, 1.165) is 19.3 Å². The van der Waals surface area contributed by atoms with Crippen molar-refractivity contribution in [2.75, 3.05) is 0 Å². The molecule has 3 aliphatic carbocycles. The van der Waals surface area contributed by atoms with E-state index in [1.807, 2.05) is 0 Å². The molecule has 0 fully saturated rings. The van der Waals surface area contributed by atoms with E-state index >= 15 is 0 Å². The summed E-state index contributed by atoms with van der Waals surface area (Å²) in [5.41, 5.74) is 31.6. The Morgan fingerprint density at radius 3 is 1.33 bits per heavy atom. The van der Waals surface area contributed by atoms with Gasteiger partial charge in [-0.3, -0.25) is 0 Å². The first-order chi connectivity index (χ1) is 23.4. The monoisotopic (exact) mass is 638 g/mol. The van der Waals surface area contributed by atoms with Crippen LogP contribution in [0.3, 0.4) is 0 Å². The summed E-state index contributed by atoms with van der Waals surface area (Å²) in [5, 5.41) is 0. The van der Waals surface area contributed by atoms with E-state index in [1.54, 1.807) is 0 Å². The molecule has 0 aromatic heterocycles. The molecule has 0 unspecified atom stereocenters. The Bertz CT molecular complexity index is 2290. The first-order valence-electron chi connectivity index (χ1n) is 18.0. The lowest BCUT2D eigenvalue weighted by Crippen LogP contribution is -1.89. The molecule has 0 spiro atoms. The van der Waals surface area contributed by atoms with Crippen LogP contribution in [0.2, 0.25) is 0 Å². The standard InChI is InChI=1S/C17H18.2C16H16/c1-10-5-6-14-9-15-7-11(2)12(3)8-16(15)17(14)13(10)4;1-10-4-5-15-13(6-10)9-14-7-11(2)12(3)8-16(14)15;1-10-4-5-13-9-14-7-11(2)12(3)8-16(14)15(13)6-10/h5-8H,9H2,1-4H3;2*4-8H,9H2,1-3H3. The normalized spacial score (nSPS) is 12.4. The van der Waals surface area contributed by atoms with E-state index < -0.39 is 0 Å². The van der Waals surface area contributed by atoms with Crippen LogP contribution in [-0.2, 0) is 19.3 Å². The van der Waals surface area contributed by atoms with Gasteiger partial charge in [-0.1, -0.05) is 96.1 Å². The Balaban J connectivity index is 0.000000116. The third-order valence-electron chi connectivity index (χ3n) is 11.5. The zero-order valence-electron chi connectivity index (χ0n) is 31.2. The van der Waals surface area contributed by atoms with Gasteiger partial charge >= 0.3 is 0 Å². The van der Waals surface area contributed by atoms with Crippen LogP contribution >= 0.6 is 0 Å². The van der Waals surface area contributed by atoms with Gasteiger partial charge in [0.2, 0.25) is 0 Å². The molecule has 9 rings (SSSR count). The van der Waals surface area contributed by atoms with Gasteiger partial charge in [0, 0.05) is 0 Å². The number of aryl methyl sites for hydroxylation is 9. The van der Waals surface area contributed by atoms with Gasteiger partial charge < -0.3 is 0 Å². The van der Waals surface area contributed by atoms with Crippen LogP contribution < -0.4 is 0 Å². The van der Waals surface area contributed by atoms with E-state index in [2.05, 4.69) is 154 Å². The minimum Gasteiger partial charge on any atom is -0.0590 e. The summed E-state index contributed by atoms with van der Waals surface area (Å²) in [7, 11) is 0. The van der Waals surface area contributed by atoms with Gasteiger partial charge in [0.1, 0.15) is 0 Å². The maximum atomic E-state index is 2.36. The van der Waals surface area contributed by atoms with E-state index in [4.69, 9.17) is 0 Å². The molecule has 49 heavy (non-hydrogen) atoms. The number of hydrogen-bond acceptors (Lipinski definition) is 0. The Labute approximate surface area is 294 Å². The molecule has 0 atom stereocenters. The summed E-state index contributed by atoms with van der Waals surface area (Å²) in [6.07, 6.45) is 3.31. The van der Waals surface area contributed by atoms with Crippen molar-refractivity contribution >= 4 is 0 Å². The number of benzene rings is 6. The van der Waals surface area contributed by atoms with Crippen molar-refractivity contribution in [3.8, 4) is 33.4 Å². The van der Waals surface area contributed by atoms with Gasteiger partial charge in [-0.05, 0) is 200 Å². The number of rotatable bonds is 0. The first kappa shape index (κ1) is 32.8. The summed E-state index contributed by atoms with van der Waals surface area (Å²) >= 11 is 0. The fourth-order valence-corrected chi connectivity index (χ4v) is 8.04. The van der Waals surface area contributed by atoms with Gasteiger partial charge in [-0.25, -0.2) is 0 Å². The predicted octanol–water partition coefficient (Wildman–Crippen LogP) is 12.9. The Hall–Kier alpha value is -4.68. The Morgan fingerprint density at radius 2 is 0.694 bits per heavy atom. The maximum absolute atomic E-state index is 2.36. The van der Waals surface area contributed by atoms with Gasteiger partial charge in [-0.15, -0.1) is 0 Å². The molecule has 3 aliphatic rings. The molecule has 0 aliphatic heterocycles. The molecule has 0 radical (unpaired) electrons. The lowest BCUT2D eigenvalue weighted by Gasteiger charge is -2.10. The van der Waals surface area contributed by atoms with Crippen LogP contribution in [0, 0.1) is 69.2 Å². The highest BCUT2D eigenvalue weighted by molar-refractivity contribution is 5.81. The third kappa shape index (κ3) is 6.08. The Morgan fingerprint density at radius 1 is 0.286 bits per heavy atom. The van der Waals surface area contributed by atoms with Crippen LogP contribution in [0.4, 0.5) is 0 Å². The maximum Gasteiger partial charge on any atom is -0.00132 e. The molecule has 0 saturated carbocycles. The van der Waals surface area contributed by atoms with Gasteiger partial charge in [0.15, 0.2) is 0 Å². The van der Waals surface area contributed by atoms with Crippen LogP contribution in [0.15, 0.2) is 84.9 Å². The van der Waals surface area contributed by atoms with Crippen molar-refractivity contribution in [1.82, 2.24) is 0 Å². The SMILES string of the molecule is Cc1cc2c(cc1C)-c1c(ccc(C)c1C)C2.Cc1ccc2c(c1)-c1cc(C)c(C)cc1C2.Cc1ccc2c(c1)Cc1cc(C)c(C)cc1-2. The van der Waals surface area contributed by atoms with Crippen LogP contribution in [0.1, 0.15) is 89.0 Å². The van der Waals surface area contributed by atoms with E-state index in [0.29, 0.717) is 0 Å². The number of hydrogen-bond donors (Lipinski definition) is 0. The zero-order chi connectivity index (χ0) is 34.7. The average molecular weight is 639 g/mol. The topological polar surface area (TPSA) is 0 Å². The molecular formula is C49H50. The molecule has 0 bridgehead atoms. The molecular weight excluding hydrogens is 589 g/mol. The smallest absolute Gasteiger partial charge is 0.00132 e. The molecule has 6 aromatic rings. The lowest BCUT2D eigenvalue weighted by molar-refractivity contribution is 1.22. The minimum atomic E-state index is 1.10. The summed E-state index contributed by atoms with van der Waals surface area (Å²) in [6.45, 7) is 22.0. The number of fused-ring (bicyclic) bond motifs is 9. The van der Waals surface area contributed by atoms with Crippen molar-refractivity contribution in [2.45, 2.75) is 88.5 Å². The molecule has 6 aromatic carbocycles. The highest BCUT2D eigenvalue weighted by Gasteiger charge is 2.22. The van der Waals surface area contributed by atoms with Crippen LogP contribution in [0.25, 0.3) is 33.4 Å². The second kappa shape index (κ2) is 12.6. The molecule has 0 amide bonds. The summed E-state index contributed by atoms with van der Waals surface area (Å²) in [5.74, 6) is 0. The van der Waals surface area contributed by atoms with E-state index in [1.165, 1.54) is 122 Å². The van der Waals surface area contributed by atoms with E-state index in [-0.39, 0.29) is 0 Å². The fraction of sp³-hybridized carbons (Fsp3) is 0.265. The quantitative estimate of drug-likeness (QED) is 0.155. The molecule has 0 heteroatoms. The summed E-state index contributed by atoms with van der Waals surface area (Å²) in [4.78, 5) is 0. The molecule has 246 valence electrons.